The first-order chi connectivity index (χ1) is 9.60. The maximum atomic E-state index is 13.0. The van der Waals surface area contributed by atoms with Gasteiger partial charge in [-0.2, -0.15) is 11.8 Å². The maximum Gasteiger partial charge on any atom is 0.236 e. The van der Waals surface area contributed by atoms with Crippen LogP contribution in [0.1, 0.15) is 45.4 Å². The number of amidine groups is 1. The van der Waals surface area contributed by atoms with Gasteiger partial charge in [-0.3, -0.25) is 4.79 Å². The van der Waals surface area contributed by atoms with Gasteiger partial charge in [0.25, 0.3) is 0 Å². The quantitative estimate of drug-likeness (QED) is 0.269. The molecule has 114 valence electrons. The molecule has 1 heterocycles. The third kappa shape index (κ3) is 3.05. The first-order valence-electron chi connectivity index (χ1n) is 7.49. The van der Waals surface area contributed by atoms with Crippen molar-refractivity contribution in [3.05, 3.63) is 0 Å². The van der Waals surface area contributed by atoms with Crippen molar-refractivity contribution in [2.75, 3.05) is 18.8 Å². The predicted molar refractivity (Wildman–Crippen MR) is 82.0 cm³/mol. The van der Waals surface area contributed by atoms with Crippen LogP contribution in [0.25, 0.3) is 0 Å². The van der Waals surface area contributed by atoms with Gasteiger partial charge in [0.1, 0.15) is 5.41 Å². The van der Waals surface area contributed by atoms with Crippen molar-refractivity contribution in [1.82, 2.24) is 4.90 Å². The van der Waals surface area contributed by atoms with Gasteiger partial charge in [-0.05, 0) is 12.8 Å². The number of carbonyl (C=O) groups excluding carboxylic acids is 1. The summed E-state index contributed by atoms with van der Waals surface area (Å²) in [5.74, 6) is 1.15. The minimum absolute atomic E-state index is 0.0712. The fourth-order valence-electron chi connectivity index (χ4n) is 3.31. The molecule has 1 unspecified atom stereocenters. The Morgan fingerprint density at radius 2 is 2.00 bits per heavy atom. The SMILES string of the molecule is CC1CN(C(=O)C2(C(N)=NO)CCCCCC2)CCS1. The maximum absolute atomic E-state index is 13.0. The van der Waals surface area contributed by atoms with Crippen LogP contribution in [0.4, 0.5) is 0 Å². The van der Waals surface area contributed by atoms with Crippen molar-refractivity contribution in [3.63, 3.8) is 0 Å². The Hall–Kier alpha value is -0.910. The highest BCUT2D eigenvalue weighted by Crippen LogP contribution is 2.38. The number of hydrogen-bond acceptors (Lipinski definition) is 4. The second-order valence-corrected chi connectivity index (χ2v) is 7.46. The number of nitrogens with zero attached hydrogens (tertiary/aromatic N) is 2. The Balaban J connectivity index is 2.23. The van der Waals surface area contributed by atoms with Gasteiger partial charge in [-0.1, -0.05) is 37.8 Å². The average Bonchev–Trinajstić information content (AvgIpc) is 2.72. The number of hydrogen-bond donors (Lipinski definition) is 2. The number of amides is 1. The van der Waals surface area contributed by atoms with Gasteiger partial charge >= 0.3 is 0 Å². The van der Waals surface area contributed by atoms with E-state index < -0.39 is 5.41 Å². The van der Waals surface area contributed by atoms with Gasteiger partial charge in [0.05, 0.1) is 0 Å². The molecule has 0 bridgehead atoms. The molecule has 2 rings (SSSR count). The summed E-state index contributed by atoms with van der Waals surface area (Å²) in [6, 6.07) is 0. The molecule has 0 radical (unpaired) electrons. The molecular formula is C14H25N3O2S. The van der Waals surface area contributed by atoms with Crippen LogP contribution in [0.3, 0.4) is 0 Å². The Morgan fingerprint density at radius 1 is 1.35 bits per heavy atom. The molecule has 20 heavy (non-hydrogen) atoms. The molecule has 2 aliphatic rings. The van der Waals surface area contributed by atoms with Crippen LogP contribution in [-0.4, -0.2) is 45.9 Å². The van der Waals surface area contributed by atoms with Crippen LogP contribution in [0.15, 0.2) is 5.16 Å². The monoisotopic (exact) mass is 299 g/mol. The van der Waals surface area contributed by atoms with Crippen molar-refractivity contribution in [2.24, 2.45) is 16.3 Å². The van der Waals surface area contributed by atoms with E-state index in [1.807, 2.05) is 16.7 Å². The summed E-state index contributed by atoms with van der Waals surface area (Å²) >= 11 is 1.90. The Kier molecular flexibility index (Phi) is 5.18. The number of oxime groups is 1. The molecule has 6 heteroatoms. The molecule has 3 N–H and O–H groups in total. The van der Waals surface area contributed by atoms with E-state index in [2.05, 4.69) is 12.1 Å². The van der Waals surface area contributed by atoms with E-state index in [0.717, 1.165) is 44.5 Å². The van der Waals surface area contributed by atoms with Crippen molar-refractivity contribution in [2.45, 2.75) is 50.7 Å². The Morgan fingerprint density at radius 3 is 2.55 bits per heavy atom. The zero-order valence-corrected chi connectivity index (χ0v) is 13.0. The fourth-order valence-corrected chi connectivity index (χ4v) is 4.33. The second kappa shape index (κ2) is 6.70. The Bertz CT molecular complexity index is 379. The minimum atomic E-state index is -0.771. The third-order valence-electron chi connectivity index (χ3n) is 4.49. The first kappa shape index (κ1) is 15.5. The summed E-state index contributed by atoms with van der Waals surface area (Å²) < 4.78 is 0. The number of nitrogens with two attached hydrogens (primary N) is 1. The van der Waals surface area contributed by atoms with Crippen LogP contribution >= 0.6 is 11.8 Å². The van der Waals surface area contributed by atoms with E-state index in [9.17, 15) is 4.79 Å². The molecule has 1 atom stereocenters. The van der Waals surface area contributed by atoms with Crippen LogP contribution in [0, 0.1) is 5.41 Å². The predicted octanol–water partition coefficient (Wildman–Crippen LogP) is 2.04. The lowest BCUT2D eigenvalue weighted by molar-refractivity contribution is -0.139. The molecule has 1 aliphatic heterocycles. The van der Waals surface area contributed by atoms with Crippen molar-refractivity contribution in [3.8, 4) is 0 Å². The van der Waals surface area contributed by atoms with Crippen molar-refractivity contribution < 1.29 is 10.0 Å². The highest BCUT2D eigenvalue weighted by atomic mass is 32.2. The molecule has 0 spiro atoms. The summed E-state index contributed by atoms with van der Waals surface area (Å²) in [4.78, 5) is 14.9. The molecule has 2 fully saturated rings. The topological polar surface area (TPSA) is 78.9 Å². The summed E-state index contributed by atoms with van der Waals surface area (Å²) in [6.07, 6.45) is 5.61. The summed E-state index contributed by atoms with van der Waals surface area (Å²) in [5.41, 5.74) is 5.17. The standard InChI is InChI=1S/C14H25N3O2S/c1-11-10-17(8-9-20-11)13(18)14(12(15)16-19)6-4-2-3-5-7-14/h11,19H,2-10H2,1H3,(H2,15,16). The molecule has 0 aromatic carbocycles. The van der Waals surface area contributed by atoms with Gasteiger partial charge in [0.2, 0.25) is 5.91 Å². The molecule has 1 saturated heterocycles. The summed E-state index contributed by atoms with van der Waals surface area (Å²) in [5, 5.41) is 12.8. The zero-order chi connectivity index (χ0) is 14.6. The highest BCUT2D eigenvalue weighted by Gasteiger charge is 2.45. The van der Waals surface area contributed by atoms with Gasteiger partial charge in [0.15, 0.2) is 5.84 Å². The lowest BCUT2D eigenvalue weighted by Gasteiger charge is -2.39. The summed E-state index contributed by atoms with van der Waals surface area (Å²) in [6.45, 7) is 3.69. The van der Waals surface area contributed by atoms with E-state index in [1.54, 1.807) is 0 Å². The van der Waals surface area contributed by atoms with E-state index in [0.29, 0.717) is 18.1 Å². The molecular weight excluding hydrogens is 274 g/mol. The van der Waals surface area contributed by atoms with Gasteiger partial charge < -0.3 is 15.8 Å². The minimum Gasteiger partial charge on any atom is -0.409 e. The molecule has 1 aliphatic carbocycles. The molecule has 1 amide bonds. The summed E-state index contributed by atoms with van der Waals surface area (Å²) in [7, 11) is 0. The van der Waals surface area contributed by atoms with Gasteiger partial charge in [0, 0.05) is 24.1 Å². The fraction of sp³-hybridized carbons (Fsp3) is 0.857. The van der Waals surface area contributed by atoms with Crippen LogP contribution < -0.4 is 5.73 Å². The second-order valence-electron chi connectivity index (χ2n) is 5.91. The molecule has 1 saturated carbocycles. The third-order valence-corrected chi connectivity index (χ3v) is 5.63. The van der Waals surface area contributed by atoms with E-state index >= 15 is 0 Å². The number of rotatable bonds is 2. The number of thioether (sulfide) groups is 1. The Labute approximate surface area is 124 Å². The lowest BCUT2D eigenvalue weighted by Crippen LogP contribution is -2.54. The van der Waals surface area contributed by atoms with Crippen molar-refractivity contribution >= 4 is 23.5 Å². The largest absolute Gasteiger partial charge is 0.409 e. The van der Waals surface area contributed by atoms with Gasteiger partial charge in [-0.15, -0.1) is 0 Å². The average molecular weight is 299 g/mol. The normalized spacial score (nSPS) is 27.9. The van der Waals surface area contributed by atoms with Crippen LogP contribution in [0.5, 0.6) is 0 Å². The van der Waals surface area contributed by atoms with Crippen molar-refractivity contribution in [1.29, 1.82) is 0 Å². The zero-order valence-electron chi connectivity index (χ0n) is 12.2. The highest BCUT2D eigenvalue weighted by molar-refractivity contribution is 7.99. The first-order valence-corrected chi connectivity index (χ1v) is 8.54. The molecule has 0 aromatic heterocycles. The smallest absolute Gasteiger partial charge is 0.236 e. The van der Waals surface area contributed by atoms with E-state index in [4.69, 9.17) is 10.9 Å². The molecule has 0 aromatic rings. The van der Waals surface area contributed by atoms with E-state index in [-0.39, 0.29) is 11.7 Å². The van der Waals surface area contributed by atoms with Crippen LogP contribution in [-0.2, 0) is 4.79 Å². The van der Waals surface area contributed by atoms with Gasteiger partial charge in [-0.25, -0.2) is 0 Å². The number of carbonyl (C=O) groups is 1. The van der Waals surface area contributed by atoms with Crippen LogP contribution in [0.2, 0.25) is 0 Å². The lowest BCUT2D eigenvalue weighted by atomic mass is 9.77. The molecule has 5 nitrogen and oxygen atoms in total. The van der Waals surface area contributed by atoms with E-state index in [1.165, 1.54) is 0 Å².